The van der Waals surface area contributed by atoms with E-state index in [-0.39, 0.29) is 22.5 Å². The molecule has 2 aliphatic rings. The molecule has 3 rings (SSSR count). The molecular formula is C17H22N2O3S. The maximum Gasteiger partial charge on any atom is 0.276 e. The number of hydrogen-bond donors (Lipinski definition) is 1. The van der Waals surface area contributed by atoms with Crippen LogP contribution in [0.25, 0.3) is 0 Å². The number of sulfonamides is 1. The second kappa shape index (κ2) is 5.74. The molecule has 2 bridgehead atoms. The van der Waals surface area contributed by atoms with Crippen molar-refractivity contribution in [1.82, 2.24) is 4.83 Å². The van der Waals surface area contributed by atoms with Gasteiger partial charge in [-0.1, -0.05) is 31.5 Å². The molecule has 3 atom stereocenters. The third-order valence-electron chi connectivity index (χ3n) is 5.05. The van der Waals surface area contributed by atoms with Crippen molar-refractivity contribution in [1.29, 1.82) is 0 Å². The Labute approximate surface area is 137 Å². The summed E-state index contributed by atoms with van der Waals surface area (Å²) in [6.07, 6.45) is 1.82. The molecule has 5 nitrogen and oxygen atoms in total. The topological polar surface area (TPSA) is 75.6 Å². The van der Waals surface area contributed by atoms with E-state index in [1.807, 2.05) is 6.92 Å². The summed E-state index contributed by atoms with van der Waals surface area (Å²) in [6.45, 7) is 6.12. The number of Topliss-reactive ketones (excluding diaryl/α,β-unsaturated/α-hetero) is 1. The predicted octanol–water partition coefficient (Wildman–Crippen LogP) is 2.51. The van der Waals surface area contributed by atoms with Gasteiger partial charge in [-0.25, -0.2) is 0 Å². The molecule has 23 heavy (non-hydrogen) atoms. The van der Waals surface area contributed by atoms with E-state index in [9.17, 15) is 13.2 Å². The number of nitrogens with one attached hydrogen (secondary N) is 1. The summed E-state index contributed by atoms with van der Waals surface area (Å²) in [5.41, 5.74) is 1.40. The van der Waals surface area contributed by atoms with Crippen LogP contribution in [0.15, 0.2) is 34.3 Å². The maximum absolute atomic E-state index is 12.4. The molecule has 1 aromatic carbocycles. The fourth-order valence-corrected chi connectivity index (χ4v) is 4.79. The molecule has 0 saturated heterocycles. The normalized spacial score (nSPS) is 28.8. The number of aryl methyl sites for hydroxylation is 1. The molecule has 1 N–H and O–H groups in total. The van der Waals surface area contributed by atoms with E-state index in [0.717, 1.165) is 18.4 Å². The van der Waals surface area contributed by atoms with Crippen LogP contribution in [0, 0.1) is 30.6 Å². The lowest BCUT2D eigenvalue weighted by atomic mass is 9.86. The summed E-state index contributed by atoms with van der Waals surface area (Å²) in [5, 5.41) is 4.02. The molecule has 0 spiro atoms. The lowest BCUT2D eigenvalue weighted by molar-refractivity contribution is -0.116. The molecule has 2 saturated carbocycles. The van der Waals surface area contributed by atoms with E-state index in [1.165, 1.54) is 12.1 Å². The molecule has 0 unspecified atom stereocenters. The number of benzene rings is 1. The molecule has 2 aliphatic carbocycles. The Morgan fingerprint density at radius 1 is 1.13 bits per heavy atom. The minimum absolute atomic E-state index is 0.0163. The zero-order valence-electron chi connectivity index (χ0n) is 13.6. The van der Waals surface area contributed by atoms with Gasteiger partial charge < -0.3 is 0 Å². The monoisotopic (exact) mass is 334 g/mol. The highest BCUT2D eigenvalue weighted by Gasteiger charge is 2.53. The van der Waals surface area contributed by atoms with Crippen molar-refractivity contribution in [3.63, 3.8) is 0 Å². The largest absolute Gasteiger partial charge is 0.292 e. The van der Waals surface area contributed by atoms with Crippen molar-refractivity contribution in [2.24, 2.45) is 28.8 Å². The summed E-state index contributed by atoms with van der Waals surface area (Å²) in [5.74, 6) is 0.824. The molecule has 0 aliphatic heterocycles. The third kappa shape index (κ3) is 2.80. The van der Waals surface area contributed by atoms with Gasteiger partial charge in [0.2, 0.25) is 0 Å². The third-order valence-corrected chi connectivity index (χ3v) is 6.27. The average molecular weight is 334 g/mol. The Bertz CT molecular complexity index is 751. The van der Waals surface area contributed by atoms with Crippen LogP contribution in [-0.2, 0) is 14.8 Å². The number of nitrogens with zero attached hydrogens (tertiary/aromatic N) is 1. The number of hydrogen-bond acceptors (Lipinski definition) is 4. The van der Waals surface area contributed by atoms with Gasteiger partial charge in [-0.15, -0.1) is 0 Å². The highest BCUT2D eigenvalue weighted by Crippen LogP contribution is 2.49. The van der Waals surface area contributed by atoms with Gasteiger partial charge in [0, 0.05) is 11.8 Å². The van der Waals surface area contributed by atoms with E-state index in [0.29, 0.717) is 17.5 Å². The highest BCUT2D eigenvalue weighted by atomic mass is 32.2. The first-order valence-corrected chi connectivity index (χ1v) is 9.50. The summed E-state index contributed by atoms with van der Waals surface area (Å²) in [6, 6.07) is 6.55. The first kappa shape index (κ1) is 16.2. The van der Waals surface area contributed by atoms with E-state index in [4.69, 9.17) is 0 Å². The lowest BCUT2D eigenvalue weighted by Crippen LogP contribution is -2.27. The smallest absolute Gasteiger partial charge is 0.276 e. The number of ketones is 1. The van der Waals surface area contributed by atoms with Gasteiger partial charge in [0.15, 0.2) is 5.78 Å². The van der Waals surface area contributed by atoms with Gasteiger partial charge in [-0.3, -0.25) is 4.79 Å². The first-order valence-electron chi connectivity index (χ1n) is 8.01. The lowest BCUT2D eigenvalue weighted by Gasteiger charge is -2.17. The first-order chi connectivity index (χ1) is 10.8. The van der Waals surface area contributed by atoms with Crippen molar-refractivity contribution in [2.75, 3.05) is 0 Å². The van der Waals surface area contributed by atoms with Crippen LogP contribution in [-0.4, -0.2) is 19.9 Å². The number of fused-ring (bicyclic) bond motifs is 2. The van der Waals surface area contributed by atoms with E-state index < -0.39 is 10.0 Å². The Morgan fingerprint density at radius 2 is 1.74 bits per heavy atom. The van der Waals surface area contributed by atoms with Crippen LogP contribution in [0.1, 0.15) is 32.3 Å². The second-order valence-electron chi connectivity index (χ2n) is 6.88. The molecule has 0 radical (unpaired) electrons. The van der Waals surface area contributed by atoms with E-state index in [2.05, 4.69) is 23.8 Å². The molecular weight excluding hydrogens is 312 g/mol. The molecule has 2 fully saturated rings. The van der Waals surface area contributed by atoms with Crippen LogP contribution in [0.5, 0.6) is 0 Å². The van der Waals surface area contributed by atoms with E-state index >= 15 is 0 Å². The van der Waals surface area contributed by atoms with Gasteiger partial charge in [-0.05, 0) is 43.7 Å². The minimum atomic E-state index is -3.73. The van der Waals surface area contributed by atoms with Gasteiger partial charge in [0.1, 0.15) is 5.71 Å². The molecule has 1 aromatic rings. The Hall–Kier alpha value is -1.69. The standard InChI is InChI=1S/C17H22N2O3S/c1-10(2)15-13-8-9-14(15)17(20)16(13)18-19-23(21,22)12-6-4-11(3)5-7-12/h4-7,10,13-15,19H,8-9H2,1-3H3/b18-16+/t13-,14+,15-/m1/s1. The fraction of sp³-hybridized carbons (Fsp3) is 0.529. The van der Waals surface area contributed by atoms with E-state index in [1.54, 1.807) is 12.1 Å². The van der Waals surface area contributed by atoms with Crippen molar-refractivity contribution < 1.29 is 13.2 Å². The number of rotatable bonds is 4. The second-order valence-corrected chi connectivity index (χ2v) is 8.54. The predicted molar refractivity (Wildman–Crippen MR) is 88.5 cm³/mol. The zero-order chi connectivity index (χ0) is 16.8. The van der Waals surface area contributed by atoms with Gasteiger partial charge >= 0.3 is 0 Å². The van der Waals surface area contributed by atoms with Crippen LogP contribution >= 0.6 is 0 Å². The highest BCUT2D eigenvalue weighted by molar-refractivity contribution is 7.89. The van der Waals surface area contributed by atoms with Gasteiger partial charge in [-0.2, -0.15) is 18.4 Å². The van der Waals surface area contributed by atoms with Crippen LogP contribution in [0.3, 0.4) is 0 Å². The van der Waals surface area contributed by atoms with Crippen molar-refractivity contribution in [2.45, 2.75) is 38.5 Å². The zero-order valence-corrected chi connectivity index (χ0v) is 14.4. The average Bonchev–Trinajstić information content (AvgIpc) is 3.02. The summed E-state index contributed by atoms with van der Waals surface area (Å²) in [4.78, 5) is 14.8. The van der Waals surface area contributed by atoms with Crippen molar-refractivity contribution >= 4 is 21.5 Å². The van der Waals surface area contributed by atoms with Crippen LogP contribution < -0.4 is 4.83 Å². The Balaban J connectivity index is 1.83. The van der Waals surface area contributed by atoms with Crippen LogP contribution in [0.2, 0.25) is 0 Å². The van der Waals surface area contributed by atoms with Crippen LogP contribution in [0.4, 0.5) is 0 Å². The minimum Gasteiger partial charge on any atom is -0.292 e. The number of carbonyl (C=O) groups excluding carboxylic acids is 1. The van der Waals surface area contributed by atoms with Gasteiger partial charge in [0.05, 0.1) is 4.90 Å². The quantitative estimate of drug-likeness (QED) is 0.860. The molecule has 0 heterocycles. The number of carbonyl (C=O) groups is 1. The summed E-state index contributed by atoms with van der Waals surface area (Å²) < 4.78 is 24.6. The Kier molecular flexibility index (Phi) is 4.04. The summed E-state index contributed by atoms with van der Waals surface area (Å²) in [7, 11) is -3.73. The number of hydrazone groups is 1. The molecule has 0 amide bonds. The fourth-order valence-electron chi connectivity index (χ4n) is 3.97. The maximum atomic E-state index is 12.4. The SMILES string of the molecule is Cc1ccc(S(=O)(=O)N/N=C2/C(=O)[C@H]3CC[C@@H]2[C@H]3C(C)C)cc1. The summed E-state index contributed by atoms with van der Waals surface area (Å²) >= 11 is 0. The van der Waals surface area contributed by atoms with Crippen molar-refractivity contribution in [3.8, 4) is 0 Å². The molecule has 6 heteroatoms. The molecule has 124 valence electrons. The molecule has 0 aromatic heterocycles. The Morgan fingerprint density at radius 3 is 2.30 bits per heavy atom. The van der Waals surface area contributed by atoms with Crippen molar-refractivity contribution in [3.05, 3.63) is 29.8 Å². The van der Waals surface area contributed by atoms with Gasteiger partial charge in [0.25, 0.3) is 10.0 Å².